The third-order valence-electron chi connectivity index (χ3n) is 2.26. The van der Waals surface area contributed by atoms with Crippen molar-refractivity contribution in [2.75, 3.05) is 24.7 Å². The summed E-state index contributed by atoms with van der Waals surface area (Å²) in [5.74, 6) is 0.386. The Labute approximate surface area is 86.6 Å². The van der Waals surface area contributed by atoms with Crippen molar-refractivity contribution in [2.24, 2.45) is 0 Å². The Morgan fingerprint density at radius 3 is 2.43 bits per heavy atom. The molecule has 0 heterocycles. The molecule has 0 bridgehead atoms. The normalized spacial score (nSPS) is 14.2. The van der Waals surface area contributed by atoms with Crippen LogP contribution in [0.2, 0.25) is 0 Å². The second kappa shape index (κ2) is 7.20. The molecule has 0 aromatic heterocycles. The van der Waals surface area contributed by atoms with Gasteiger partial charge in [-0.3, -0.25) is 0 Å². The zero-order chi connectivity index (χ0) is 11.0. The Kier molecular flexibility index (Phi) is 7.13. The number of hydrogen-bond donors (Lipinski definition) is 2. The van der Waals surface area contributed by atoms with Gasteiger partial charge in [0.05, 0.1) is 5.75 Å². The van der Waals surface area contributed by atoms with Gasteiger partial charge < -0.3 is 10.4 Å². The molecule has 5 heteroatoms. The molecule has 0 aromatic rings. The molecule has 4 nitrogen and oxygen atoms in total. The van der Waals surface area contributed by atoms with Crippen molar-refractivity contribution < 1.29 is 13.5 Å². The molecule has 1 atom stereocenters. The lowest BCUT2D eigenvalue weighted by molar-refractivity contribution is 0.263. The molecule has 2 N–H and O–H groups in total. The highest BCUT2D eigenvalue weighted by Gasteiger charge is 2.09. The van der Waals surface area contributed by atoms with Crippen LogP contribution in [0.1, 0.15) is 26.7 Å². The lowest BCUT2D eigenvalue weighted by Gasteiger charge is -2.15. The van der Waals surface area contributed by atoms with Crippen LogP contribution >= 0.6 is 0 Å². The van der Waals surface area contributed by atoms with E-state index in [0.717, 1.165) is 6.42 Å². The number of aliphatic hydroxyl groups excluding tert-OH is 1. The van der Waals surface area contributed by atoms with Crippen LogP contribution in [0.3, 0.4) is 0 Å². The van der Waals surface area contributed by atoms with E-state index in [-0.39, 0.29) is 24.2 Å². The molecule has 0 aliphatic heterocycles. The molecule has 0 radical (unpaired) electrons. The summed E-state index contributed by atoms with van der Waals surface area (Å²) < 4.78 is 22.3. The summed E-state index contributed by atoms with van der Waals surface area (Å²) in [6.07, 6.45) is 1.59. The van der Waals surface area contributed by atoms with Gasteiger partial charge >= 0.3 is 0 Å². The molecule has 1 unspecified atom stereocenters. The molecule has 0 rings (SSSR count). The molecule has 0 aliphatic rings. The zero-order valence-corrected chi connectivity index (χ0v) is 9.81. The van der Waals surface area contributed by atoms with Gasteiger partial charge in [-0.15, -0.1) is 0 Å². The van der Waals surface area contributed by atoms with E-state index in [9.17, 15) is 8.42 Å². The van der Waals surface area contributed by atoms with Crippen LogP contribution in [0.15, 0.2) is 0 Å². The van der Waals surface area contributed by atoms with Crippen LogP contribution in [0, 0.1) is 0 Å². The summed E-state index contributed by atoms with van der Waals surface area (Å²) in [6, 6.07) is 0.229. The first-order valence-corrected chi connectivity index (χ1v) is 6.92. The van der Waals surface area contributed by atoms with Gasteiger partial charge in [0.2, 0.25) is 0 Å². The average Bonchev–Trinajstić information content (AvgIpc) is 2.16. The fourth-order valence-electron chi connectivity index (χ4n) is 1.17. The van der Waals surface area contributed by atoms with Crippen molar-refractivity contribution >= 4 is 9.84 Å². The first kappa shape index (κ1) is 13.9. The van der Waals surface area contributed by atoms with Crippen molar-refractivity contribution in [1.82, 2.24) is 5.32 Å². The minimum Gasteiger partial charge on any atom is -0.396 e. The molecule has 0 spiro atoms. The summed E-state index contributed by atoms with van der Waals surface area (Å²) in [7, 11) is -2.86. The molecule has 0 fully saturated rings. The van der Waals surface area contributed by atoms with Gasteiger partial charge in [-0.2, -0.15) is 0 Å². The van der Waals surface area contributed by atoms with Crippen molar-refractivity contribution in [2.45, 2.75) is 32.7 Å². The molecule has 0 amide bonds. The molecule has 0 saturated carbocycles. The first-order chi connectivity index (χ1) is 6.55. The average molecular weight is 223 g/mol. The van der Waals surface area contributed by atoms with Crippen LogP contribution < -0.4 is 5.32 Å². The summed E-state index contributed by atoms with van der Waals surface area (Å²) in [5.41, 5.74) is 0. The molecule has 0 aromatic carbocycles. The van der Waals surface area contributed by atoms with Crippen molar-refractivity contribution in [3.8, 4) is 0 Å². The summed E-state index contributed by atoms with van der Waals surface area (Å²) >= 11 is 0. The second-order valence-corrected chi connectivity index (χ2v) is 5.78. The first-order valence-electron chi connectivity index (χ1n) is 5.10. The van der Waals surface area contributed by atoms with Crippen LogP contribution in [0.25, 0.3) is 0 Å². The van der Waals surface area contributed by atoms with Gasteiger partial charge in [0.1, 0.15) is 0 Å². The van der Waals surface area contributed by atoms with Crippen molar-refractivity contribution in [3.05, 3.63) is 0 Å². The highest BCUT2D eigenvalue weighted by Crippen LogP contribution is 1.96. The molecular formula is C9H21NO3S. The van der Waals surface area contributed by atoms with Gasteiger partial charge in [0, 0.05) is 24.9 Å². The largest absolute Gasteiger partial charge is 0.396 e. The summed E-state index contributed by atoms with van der Waals surface area (Å²) in [4.78, 5) is 0. The quantitative estimate of drug-likeness (QED) is 0.616. The van der Waals surface area contributed by atoms with Gasteiger partial charge in [0.15, 0.2) is 9.84 Å². The third kappa shape index (κ3) is 6.34. The molecule has 14 heavy (non-hydrogen) atoms. The predicted molar refractivity (Wildman–Crippen MR) is 58.1 cm³/mol. The second-order valence-electron chi connectivity index (χ2n) is 3.31. The minimum absolute atomic E-state index is 0.145. The molecular weight excluding hydrogens is 202 g/mol. The summed E-state index contributed by atoms with van der Waals surface area (Å²) in [6.45, 7) is 4.29. The van der Waals surface area contributed by atoms with E-state index in [4.69, 9.17) is 5.11 Å². The van der Waals surface area contributed by atoms with Gasteiger partial charge in [0.25, 0.3) is 0 Å². The van der Waals surface area contributed by atoms with Crippen LogP contribution in [0.4, 0.5) is 0 Å². The standard InChI is InChI=1S/C9H21NO3S/c1-3-9(5-7-11)10-6-8-14(12,13)4-2/h9-11H,3-8H2,1-2H3. The number of sulfone groups is 1. The molecule has 86 valence electrons. The topological polar surface area (TPSA) is 66.4 Å². The third-order valence-corrected chi connectivity index (χ3v) is 3.96. The van der Waals surface area contributed by atoms with Crippen molar-refractivity contribution in [3.63, 3.8) is 0 Å². The highest BCUT2D eigenvalue weighted by molar-refractivity contribution is 7.91. The van der Waals surface area contributed by atoms with Crippen LogP contribution in [0.5, 0.6) is 0 Å². The van der Waals surface area contributed by atoms with E-state index in [1.165, 1.54) is 0 Å². The van der Waals surface area contributed by atoms with Crippen LogP contribution in [-0.2, 0) is 9.84 Å². The number of nitrogens with one attached hydrogen (secondary N) is 1. The Morgan fingerprint density at radius 2 is 2.00 bits per heavy atom. The Hall–Kier alpha value is -0.130. The van der Waals surface area contributed by atoms with E-state index >= 15 is 0 Å². The maximum absolute atomic E-state index is 11.1. The van der Waals surface area contributed by atoms with Gasteiger partial charge in [-0.05, 0) is 12.8 Å². The number of rotatable bonds is 8. The van der Waals surface area contributed by atoms with E-state index in [1.807, 2.05) is 6.92 Å². The fraction of sp³-hybridized carbons (Fsp3) is 1.00. The number of hydrogen-bond acceptors (Lipinski definition) is 4. The maximum Gasteiger partial charge on any atom is 0.151 e. The SMILES string of the molecule is CCC(CCO)NCCS(=O)(=O)CC. The Balaban J connectivity index is 3.71. The lowest BCUT2D eigenvalue weighted by Crippen LogP contribution is -2.33. The van der Waals surface area contributed by atoms with Gasteiger partial charge in [-0.25, -0.2) is 8.42 Å². The van der Waals surface area contributed by atoms with Gasteiger partial charge in [-0.1, -0.05) is 13.8 Å². The smallest absolute Gasteiger partial charge is 0.151 e. The zero-order valence-electron chi connectivity index (χ0n) is 8.99. The molecule has 0 saturated heterocycles. The maximum atomic E-state index is 11.1. The Bertz CT molecular complexity index is 226. The predicted octanol–water partition coefficient (Wildman–Crippen LogP) is 0.172. The number of aliphatic hydroxyl groups is 1. The summed E-state index contributed by atoms with van der Waals surface area (Å²) in [5, 5.41) is 11.8. The van der Waals surface area contributed by atoms with E-state index in [0.29, 0.717) is 13.0 Å². The highest BCUT2D eigenvalue weighted by atomic mass is 32.2. The molecule has 0 aliphatic carbocycles. The lowest BCUT2D eigenvalue weighted by atomic mass is 10.1. The van der Waals surface area contributed by atoms with E-state index < -0.39 is 9.84 Å². The Morgan fingerprint density at radius 1 is 1.36 bits per heavy atom. The fourth-order valence-corrected chi connectivity index (χ4v) is 1.89. The monoisotopic (exact) mass is 223 g/mol. The van der Waals surface area contributed by atoms with E-state index in [1.54, 1.807) is 6.92 Å². The minimum atomic E-state index is -2.86. The van der Waals surface area contributed by atoms with E-state index in [2.05, 4.69) is 5.32 Å². The van der Waals surface area contributed by atoms with Crippen LogP contribution in [-0.4, -0.2) is 44.2 Å². The van der Waals surface area contributed by atoms with Crippen molar-refractivity contribution in [1.29, 1.82) is 0 Å².